The van der Waals surface area contributed by atoms with Gasteiger partial charge >= 0.3 is 6.69 Å². The molecule has 0 amide bonds. The second-order valence-electron chi connectivity index (χ2n) is 9.00. The molecule has 0 saturated heterocycles. The third-order valence-corrected chi connectivity index (χ3v) is 6.66. The van der Waals surface area contributed by atoms with Crippen molar-refractivity contribution in [3.8, 4) is 0 Å². The van der Waals surface area contributed by atoms with Gasteiger partial charge in [0.1, 0.15) is 6.20 Å². The highest BCUT2D eigenvalue weighted by Gasteiger charge is 2.41. The highest BCUT2D eigenvalue weighted by Crippen LogP contribution is 2.13. The third-order valence-electron chi connectivity index (χ3n) is 6.66. The van der Waals surface area contributed by atoms with Gasteiger partial charge in [-0.3, -0.25) is 0 Å². The molecular formula is C24H37BN8. The molecule has 0 spiro atoms. The van der Waals surface area contributed by atoms with Crippen molar-refractivity contribution >= 4 is 6.69 Å². The van der Waals surface area contributed by atoms with Crippen molar-refractivity contribution < 1.29 is 4.48 Å². The Bertz CT molecular complexity index is 937. The fourth-order valence-electron chi connectivity index (χ4n) is 4.88. The van der Waals surface area contributed by atoms with E-state index in [0.29, 0.717) is 0 Å². The van der Waals surface area contributed by atoms with Crippen LogP contribution in [0.4, 0.5) is 0 Å². The van der Waals surface area contributed by atoms with E-state index in [1.807, 2.05) is 56.2 Å². The van der Waals surface area contributed by atoms with Gasteiger partial charge in [-0.1, -0.05) is 58.3 Å². The van der Waals surface area contributed by atoms with Crippen LogP contribution in [0.25, 0.3) is 0 Å². The molecule has 0 bridgehead atoms. The van der Waals surface area contributed by atoms with Gasteiger partial charge in [-0.2, -0.15) is 0 Å². The molecule has 0 fully saturated rings. The third kappa shape index (κ3) is 5.29. The molecule has 0 saturated carbocycles. The zero-order chi connectivity index (χ0) is 22.8. The predicted octanol–water partition coefficient (Wildman–Crippen LogP) is 4.21. The van der Waals surface area contributed by atoms with Gasteiger partial charge in [0, 0.05) is 18.6 Å². The van der Waals surface area contributed by atoms with Gasteiger partial charge in [0.05, 0.1) is 31.7 Å². The molecule has 0 radical (unpaired) electrons. The first kappa shape index (κ1) is 23.1. The molecule has 0 aliphatic carbocycles. The molecule has 9 heteroatoms. The summed E-state index contributed by atoms with van der Waals surface area (Å²) in [4.78, 5) is 13.0. The van der Waals surface area contributed by atoms with E-state index >= 15 is 0 Å². The van der Waals surface area contributed by atoms with Crippen LogP contribution in [0.1, 0.15) is 71.1 Å². The molecule has 4 aromatic rings. The maximum absolute atomic E-state index is 4.34. The van der Waals surface area contributed by atoms with E-state index in [0.717, 1.165) is 6.54 Å². The first-order valence-corrected chi connectivity index (χ1v) is 12.5. The first-order chi connectivity index (χ1) is 16.4. The summed E-state index contributed by atoms with van der Waals surface area (Å²) < 4.78 is 10.9. The van der Waals surface area contributed by atoms with E-state index in [9.17, 15) is 0 Å². The second-order valence-corrected chi connectivity index (χ2v) is 9.00. The van der Waals surface area contributed by atoms with Crippen LogP contribution in [0, 0.1) is 0 Å². The Balaban J connectivity index is 1.40. The summed E-state index contributed by atoms with van der Waals surface area (Å²) in [6.07, 6.45) is 37.0. The van der Waals surface area contributed by atoms with Gasteiger partial charge in [-0.15, -0.1) is 0 Å². The lowest BCUT2D eigenvalue weighted by Crippen LogP contribution is -2.77. The molecule has 0 N–H and O–H groups in total. The molecule has 0 aliphatic rings. The summed E-state index contributed by atoms with van der Waals surface area (Å²) in [6.45, 7) is 1.64. The molecule has 176 valence electrons. The molecule has 4 rings (SSSR count). The number of hydrogen-bond donors (Lipinski definition) is 0. The van der Waals surface area contributed by atoms with Gasteiger partial charge in [0.25, 0.3) is 0 Å². The monoisotopic (exact) mass is 448 g/mol. The van der Waals surface area contributed by atoms with Crippen molar-refractivity contribution in [3.63, 3.8) is 0 Å². The van der Waals surface area contributed by atoms with E-state index in [2.05, 4.69) is 63.1 Å². The summed E-state index contributed by atoms with van der Waals surface area (Å²) >= 11 is 0. The maximum Gasteiger partial charge on any atom is 0.505 e. The lowest BCUT2D eigenvalue weighted by atomic mass is 9.72. The molecule has 0 aromatic carbocycles. The molecule has 8 nitrogen and oxygen atoms in total. The maximum atomic E-state index is 4.34. The smallest absolute Gasteiger partial charge is 0.433 e. The largest absolute Gasteiger partial charge is 0.505 e. The zero-order valence-corrected chi connectivity index (χ0v) is 19.9. The molecule has 4 aromatic heterocycles. The zero-order valence-electron chi connectivity index (χ0n) is 19.9. The fourth-order valence-corrected chi connectivity index (χ4v) is 4.88. The Kier molecular flexibility index (Phi) is 8.17. The van der Waals surface area contributed by atoms with Crippen molar-refractivity contribution in [2.45, 2.75) is 77.7 Å². The van der Waals surface area contributed by atoms with E-state index < -0.39 is 6.69 Å². The van der Waals surface area contributed by atoms with Crippen LogP contribution in [-0.4, -0.2) is 39.6 Å². The summed E-state index contributed by atoms with van der Waals surface area (Å²) in [6, 6.07) is 0. The van der Waals surface area contributed by atoms with Gasteiger partial charge < -0.3 is 17.9 Å². The van der Waals surface area contributed by atoms with Crippen LogP contribution < -0.4 is 4.48 Å². The minimum atomic E-state index is -1.66. The van der Waals surface area contributed by atoms with E-state index in [4.69, 9.17) is 0 Å². The minimum Gasteiger partial charge on any atom is -0.433 e. The van der Waals surface area contributed by atoms with Crippen LogP contribution in [0.3, 0.4) is 0 Å². The number of aryl methyl sites for hydroxylation is 1. The van der Waals surface area contributed by atoms with E-state index in [-0.39, 0.29) is 0 Å². The Hall–Kier alpha value is -3.10. The Morgan fingerprint density at radius 3 is 1.58 bits per heavy atom. The van der Waals surface area contributed by atoms with Gasteiger partial charge in [0.2, 0.25) is 6.33 Å². The summed E-state index contributed by atoms with van der Waals surface area (Å²) in [5.74, 6) is 0. The Morgan fingerprint density at radius 2 is 1.12 bits per heavy atom. The quantitative estimate of drug-likeness (QED) is 0.202. The van der Waals surface area contributed by atoms with E-state index in [1.165, 1.54) is 64.2 Å². The number of nitrogens with zero attached hydrogens (tertiary/aromatic N) is 8. The SMILES string of the molecule is CCCCCCCCCCCCn1cc[n+]([B-](n2ccnc2)(n2ccnc2)n2ccnc2)c1. The number of unbranched alkanes of at least 4 members (excludes halogenated alkanes) is 9. The summed E-state index contributed by atoms with van der Waals surface area (Å²) in [5, 5.41) is 0. The first-order valence-electron chi connectivity index (χ1n) is 12.5. The van der Waals surface area contributed by atoms with Gasteiger partial charge in [-0.25, -0.2) is 19.5 Å². The van der Waals surface area contributed by atoms with Crippen LogP contribution in [0.15, 0.2) is 74.9 Å². The van der Waals surface area contributed by atoms with E-state index in [1.54, 1.807) is 0 Å². The van der Waals surface area contributed by atoms with Crippen LogP contribution in [-0.2, 0) is 6.54 Å². The minimum absolute atomic E-state index is 1.02. The second kappa shape index (κ2) is 11.7. The Labute approximate surface area is 196 Å². The Morgan fingerprint density at radius 1 is 0.636 bits per heavy atom. The summed E-state index contributed by atoms with van der Waals surface area (Å²) in [7, 11) is 0. The van der Waals surface area contributed by atoms with Crippen LogP contribution >= 0.6 is 0 Å². The van der Waals surface area contributed by atoms with Crippen molar-refractivity contribution in [1.29, 1.82) is 0 Å². The lowest BCUT2D eigenvalue weighted by molar-refractivity contribution is -0.555. The molecule has 0 aliphatic heterocycles. The summed E-state index contributed by atoms with van der Waals surface area (Å²) in [5.41, 5.74) is 0. The number of rotatable bonds is 15. The van der Waals surface area contributed by atoms with Crippen LogP contribution in [0.5, 0.6) is 0 Å². The molecule has 0 unspecified atom stereocenters. The van der Waals surface area contributed by atoms with Crippen molar-refractivity contribution in [2.24, 2.45) is 0 Å². The average molecular weight is 448 g/mol. The molecular weight excluding hydrogens is 411 g/mol. The standard InChI is InChI=1S/C24H37BN8/c1-2-3-4-5-6-7-8-9-10-11-15-29-19-20-33(24-29)25(30-16-12-26-21-30,31-17-13-27-22-31)32-18-14-28-23-32/h12-14,16-24H,2-11,15H2,1H3. The van der Waals surface area contributed by atoms with Crippen molar-refractivity contribution in [3.05, 3.63) is 74.9 Å². The fraction of sp³-hybridized carbons (Fsp3) is 0.500. The highest BCUT2D eigenvalue weighted by molar-refractivity contribution is 6.66. The highest BCUT2D eigenvalue weighted by atomic mass is 15.4. The van der Waals surface area contributed by atoms with Gasteiger partial charge in [-0.05, 0) is 31.4 Å². The predicted molar refractivity (Wildman–Crippen MR) is 130 cm³/mol. The number of imidazole rings is 4. The number of aromatic nitrogens is 8. The molecule has 33 heavy (non-hydrogen) atoms. The molecule has 0 atom stereocenters. The topological polar surface area (TPSA) is 62.3 Å². The van der Waals surface area contributed by atoms with Gasteiger partial charge in [0.15, 0.2) is 0 Å². The average Bonchev–Trinajstić information content (AvgIpc) is 3.65. The van der Waals surface area contributed by atoms with Crippen LogP contribution in [0.2, 0.25) is 0 Å². The van der Waals surface area contributed by atoms with Crippen molar-refractivity contribution in [2.75, 3.05) is 0 Å². The van der Waals surface area contributed by atoms with Crippen molar-refractivity contribution in [1.82, 2.24) is 33.0 Å². The number of hydrogen-bond acceptors (Lipinski definition) is 3. The lowest BCUT2D eigenvalue weighted by Gasteiger charge is -2.39. The normalized spacial score (nSPS) is 11.9. The molecule has 4 heterocycles.